The van der Waals surface area contributed by atoms with Gasteiger partial charge in [0, 0.05) is 23.2 Å². The van der Waals surface area contributed by atoms with Crippen LogP contribution in [0.25, 0.3) is 0 Å². The van der Waals surface area contributed by atoms with Crippen molar-refractivity contribution in [1.82, 2.24) is 15.1 Å². The molecule has 150 valence electrons. The predicted molar refractivity (Wildman–Crippen MR) is 111 cm³/mol. The van der Waals surface area contributed by atoms with Gasteiger partial charge < -0.3 is 10.6 Å². The predicted octanol–water partition coefficient (Wildman–Crippen LogP) is 3.85. The molecule has 2 heterocycles. The van der Waals surface area contributed by atoms with E-state index in [9.17, 15) is 9.59 Å². The van der Waals surface area contributed by atoms with Crippen molar-refractivity contribution in [2.24, 2.45) is 5.92 Å². The number of carbonyl (C=O) groups excluding carboxylic acids is 2. The molecule has 0 unspecified atom stereocenters. The van der Waals surface area contributed by atoms with Gasteiger partial charge in [-0.1, -0.05) is 6.92 Å². The lowest BCUT2D eigenvalue weighted by molar-refractivity contribution is 0.0951. The minimum atomic E-state index is -0.179. The second-order valence-corrected chi connectivity index (χ2v) is 9.22. The Morgan fingerprint density at radius 3 is 2.57 bits per heavy atom. The van der Waals surface area contributed by atoms with Gasteiger partial charge in [0.25, 0.3) is 11.8 Å². The number of aromatic nitrogens is 2. The van der Waals surface area contributed by atoms with E-state index in [-0.39, 0.29) is 11.8 Å². The number of nitrogens with zero attached hydrogens (tertiary/aromatic N) is 2. The van der Waals surface area contributed by atoms with E-state index in [4.69, 9.17) is 0 Å². The zero-order valence-electron chi connectivity index (χ0n) is 17.0. The molecule has 1 saturated carbocycles. The van der Waals surface area contributed by atoms with Crippen molar-refractivity contribution in [3.63, 3.8) is 0 Å². The third-order valence-electron chi connectivity index (χ3n) is 5.79. The number of anilines is 1. The molecule has 2 aliphatic rings. The quantitative estimate of drug-likeness (QED) is 0.800. The summed E-state index contributed by atoms with van der Waals surface area (Å²) in [7, 11) is 0. The summed E-state index contributed by atoms with van der Waals surface area (Å²) < 4.78 is 1.84. The number of hydrogen-bond donors (Lipinski definition) is 2. The fraction of sp³-hybridized carbons (Fsp3) is 0.571. The molecule has 6 nitrogen and oxygen atoms in total. The van der Waals surface area contributed by atoms with Gasteiger partial charge in [0.05, 0.1) is 16.8 Å². The van der Waals surface area contributed by atoms with Crippen LogP contribution in [0.1, 0.15) is 75.7 Å². The minimum absolute atomic E-state index is 0.0393. The third kappa shape index (κ3) is 3.48. The van der Waals surface area contributed by atoms with Gasteiger partial charge in [0.1, 0.15) is 5.00 Å². The van der Waals surface area contributed by atoms with Gasteiger partial charge in [-0.3, -0.25) is 14.3 Å². The maximum Gasteiger partial charge on any atom is 0.260 e. The number of rotatable bonds is 5. The average Bonchev–Trinajstić information content (AvgIpc) is 3.30. The van der Waals surface area contributed by atoms with Gasteiger partial charge >= 0.3 is 0 Å². The van der Waals surface area contributed by atoms with Gasteiger partial charge in [-0.2, -0.15) is 5.10 Å². The van der Waals surface area contributed by atoms with Crippen LogP contribution in [0, 0.1) is 19.8 Å². The summed E-state index contributed by atoms with van der Waals surface area (Å²) in [5.74, 6) is 0.394. The van der Waals surface area contributed by atoms with E-state index in [1.807, 2.05) is 25.5 Å². The molecule has 7 heteroatoms. The normalized spacial score (nSPS) is 18.6. The zero-order chi connectivity index (χ0) is 20.0. The third-order valence-corrected chi connectivity index (χ3v) is 6.96. The second kappa shape index (κ2) is 7.35. The van der Waals surface area contributed by atoms with Crippen LogP contribution in [-0.2, 0) is 19.4 Å². The van der Waals surface area contributed by atoms with E-state index in [0.717, 1.165) is 55.6 Å². The van der Waals surface area contributed by atoms with Gasteiger partial charge in [0.2, 0.25) is 0 Å². The standard InChI is InChI=1S/C21H28N4O2S/c1-5-25-13(4)17(12(3)24-25)19(26)23-21-18(20(27)22-14-7-8-14)15-9-6-11(2)10-16(15)28-21/h11,14H,5-10H2,1-4H3,(H,22,27)(H,23,26)/t11-/m0/s1. The van der Waals surface area contributed by atoms with Crippen LogP contribution in [0.15, 0.2) is 0 Å². The smallest absolute Gasteiger partial charge is 0.260 e. The highest BCUT2D eigenvalue weighted by Gasteiger charge is 2.32. The molecule has 28 heavy (non-hydrogen) atoms. The van der Waals surface area contributed by atoms with Crippen LogP contribution in [0.3, 0.4) is 0 Å². The highest BCUT2D eigenvalue weighted by molar-refractivity contribution is 7.17. The number of nitrogens with one attached hydrogen (secondary N) is 2. The first-order chi connectivity index (χ1) is 13.4. The monoisotopic (exact) mass is 400 g/mol. The fourth-order valence-electron chi connectivity index (χ4n) is 4.06. The van der Waals surface area contributed by atoms with E-state index < -0.39 is 0 Å². The van der Waals surface area contributed by atoms with Crippen molar-refractivity contribution >= 4 is 28.2 Å². The molecule has 0 aliphatic heterocycles. The summed E-state index contributed by atoms with van der Waals surface area (Å²) in [5, 5.41) is 11.3. The van der Waals surface area contributed by atoms with Crippen LogP contribution in [0.4, 0.5) is 5.00 Å². The van der Waals surface area contributed by atoms with Crippen LogP contribution in [0.5, 0.6) is 0 Å². The summed E-state index contributed by atoms with van der Waals surface area (Å²) in [4.78, 5) is 27.3. The molecule has 2 amide bonds. The number of hydrogen-bond acceptors (Lipinski definition) is 4. The Hall–Kier alpha value is -2.15. The highest BCUT2D eigenvalue weighted by atomic mass is 32.1. The van der Waals surface area contributed by atoms with Gasteiger partial charge in [-0.15, -0.1) is 11.3 Å². The Balaban J connectivity index is 1.68. The molecular weight excluding hydrogens is 372 g/mol. The van der Waals surface area contributed by atoms with Crippen molar-refractivity contribution in [3.05, 3.63) is 33.0 Å². The summed E-state index contributed by atoms with van der Waals surface area (Å²) >= 11 is 1.57. The summed E-state index contributed by atoms with van der Waals surface area (Å²) in [6, 6.07) is 0.293. The summed E-state index contributed by atoms with van der Waals surface area (Å²) in [5.41, 5.74) is 4.00. The van der Waals surface area contributed by atoms with E-state index in [2.05, 4.69) is 22.7 Å². The van der Waals surface area contributed by atoms with Crippen LogP contribution >= 0.6 is 11.3 Å². The Morgan fingerprint density at radius 1 is 1.18 bits per heavy atom. The van der Waals surface area contributed by atoms with Crippen LogP contribution < -0.4 is 10.6 Å². The number of aryl methyl sites for hydroxylation is 2. The lowest BCUT2D eigenvalue weighted by Gasteiger charge is -2.18. The van der Waals surface area contributed by atoms with Crippen LogP contribution in [0.2, 0.25) is 0 Å². The molecule has 2 aliphatic carbocycles. The molecule has 2 aromatic heterocycles. The van der Waals surface area contributed by atoms with Crippen molar-refractivity contribution in [2.45, 2.75) is 72.4 Å². The zero-order valence-corrected chi connectivity index (χ0v) is 17.8. The van der Waals surface area contributed by atoms with Crippen molar-refractivity contribution in [2.75, 3.05) is 5.32 Å². The largest absolute Gasteiger partial charge is 0.349 e. The lowest BCUT2D eigenvalue weighted by Crippen LogP contribution is -2.28. The number of thiophene rings is 1. The van der Waals surface area contributed by atoms with Crippen molar-refractivity contribution in [3.8, 4) is 0 Å². The van der Waals surface area contributed by atoms with Crippen LogP contribution in [-0.4, -0.2) is 27.6 Å². The first kappa shape index (κ1) is 19.2. The Labute approximate surface area is 169 Å². The number of carbonyl (C=O) groups is 2. The van der Waals surface area contributed by atoms with Crippen molar-refractivity contribution in [1.29, 1.82) is 0 Å². The average molecular weight is 401 g/mol. The van der Waals surface area contributed by atoms with Gasteiger partial charge in [-0.25, -0.2) is 0 Å². The molecule has 1 atom stereocenters. The molecule has 0 radical (unpaired) electrons. The number of amides is 2. The Kier molecular flexibility index (Phi) is 5.04. The minimum Gasteiger partial charge on any atom is -0.349 e. The highest BCUT2D eigenvalue weighted by Crippen LogP contribution is 2.40. The molecular formula is C21H28N4O2S. The van der Waals surface area contributed by atoms with E-state index in [1.165, 1.54) is 4.88 Å². The molecule has 2 N–H and O–H groups in total. The molecule has 0 bridgehead atoms. The first-order valence-electron chi connectivity index (χ1n) is 10.2. The topological polar surface area (TPSA) is 76.0 Å². The summed E-state index contributed by atoms with van der Waals surface area (Å²) in [6.07, 6.45) is 5.06. The fourth-order valence-corrected chi connectivity index (χ4v) is 5.47. The van der Waals surface area contributed by atoms with E-state index >= 15 is 0 Å². The maximum absolute atomic E-state index is 13.1. The number of fused-ring (bicyclic) bond motifs is 1. The van der Waals surface area contributed by atoms with Crippen molar-refractivity contribution < 1.29 is 9.59 Å². The summed E-state index contributed by atoms with van der Waals surface area (Å²) in [6.45, 7) is 8.75. The molecule has 1 fully saturated rings. The van der Waals surface area contributed by atoms with E-state index in [1.54, 1.807) is 11.3 Å². The first-order valence-corrected chi connectivity index (χ1v) is 11.0. The molecule has 0 aromatic carbocycles. The molecule has 4 rings (SSSR count). The molecule has 2 aromatic rings. The van der Waals surface area contributed by atoms with E-state index in [0.29, 0.717) is 28.1 Å². The maximum atomic E-state index is 13.1. The molecule has 0 saturated heterocycles. The lowest BCUT2D eigenvalue weighted by atomic mass is 9.88. The van der Waals surface area contributed by atoms with Gasteiger partial charge in [0.15, 0.2) is 0 Å². The SMILES string of the molecule is CCn1nc(C)c(C(=O)Nc2sc3c(c2C(=O)NC2CC2)CC[C@H](C)C3)c1C. The van der Waals surface area contributed by atoms with Gasteiger partial charge in [-0.05, 0) is 64.4 Å². The Bertz CT molecular complexity index is 939. The molecule has 0 spiro atoms. The Morgan fingerprint density at radius 2 is 1.93 bits per heavy atom. The second-order valence-electron chi connectivity index (χ2n) is 8.12.